The first kappa shape index (κ1) is 18.7. The van der Waals surface area contributed by atoms with E-state index in [1.54, 1.807) is 0 Å². The fourth-order valence-corrected chi connectivity index (χ4v) is 3.88. The molecule has 0 bridgehead atoms. The monoisotopic (exact) mass is 399 g/mol. The van der Waals surface area contributed by atoms with Gasteiger partial charge in [-0.05, 0) is 57.2 Å². The van der Waals surface area contributed by atoms with Crippen molar-refractivity contribution in [2.75, 3.05) is 0 Å². The Kier molecular flexibility index (Phi) is 6.43. The zero-order valence-electron chi connectivity index (χ0n) is 14.0. The van der Waals surface area contributed by atoms with Crippen LogP contribution >= 0.6 is 28.6 Å². The molecule has 1 fully saturated rings. The molecule has 23 heavy (non-hydrogen) atoms. The summed E-state index contributed by atoms with van der Waals surface area (Å²) in [7, 11) is 0. The van der Waals surface area contributed by atoms with Gasteiger partial charge in [0.1, 0.15) is 5.60 Å². The molecule has 1 aromatic rings. The van der Waals surface area contributed by atoms with Crippen molar-refractivity contribution in [3.63, 3.8) is 0 Å². The number of amides is 1. The van der Waals surface area contributed by atoms with E-state index < -0.39 is 5.60 Å². The average molecular weight is 400 g/mol. The van der Waals surface area contributed by atoms with Gasteiger partial charge in [-0.25, -0.2) is 4.79 Å². The number of hydrogen-bond acceptors (Lipinski definition) is 3. The lowest BCUT2D eigenvalue weighted by Gasteiger charge is -2.36. The minimum absolute atomic E-state index is 0.114. The van der Waals surface area contributed by atoms with Crippen LogP contribution in [0.3, 0.4) is 0 Å². The quantitative estimate of drug-likeness (QED) is 0.658. The highest BCUT2D eigenvalue weighted by atomic mass is 79.9. The summed E-state index contributed by atoms with van der Waals surface area (Å²) in [5, 5.41) is 3.18. The summed E-state index contributed by atoms with van der Waals surface area (Å²) < 4.78 is 6.47. The molecule has 3 atom stereocenters. The van der Waals surface area contributed by atoms with Crippen molar-refractivity contribution in [1.29, 1.82) is 0 Å². The number of rotatable bonds is 3. The Hall–Kier alpha value is -0.680. The van der Waals surface area contributed by atoms with E-state index in [1.165, 1.54) is 12.0 Å². The molecule has 1 N–H and O–H groups in total. The first-order chi connectivity index (χ1) is 10.8. The first-order valence-corrected chi connectivity index (χ1v) is 9.50. The molecule has 2 rings (SSSR count). The van der Waals surface area contributed by atoms with Crippen LogP contribution in [0.15, 0.2) is 28.7 Å². The van der Waals surface area contributed by atoms with Crippen LogP contribution in [0.1, 0.15) is 57.3 Å². The lowest BCUT2D eigenvalue weighted by molar-refractivity contribution is 0.0468. The topological polar surface area (TPSA) is 38.3 Å². The lowest BCUT2D eigenvalue weighted by Crippen LogP contribution is -2.45. The van der Waals surface area contributed by atoms with Crippen molar-refractivity contribution in [3.8, 4) is 0 Å². The van der Waals surface area contributed by atoms with Crippen molar-refractivity contribution in [2.45, 2.75) is 63.3 Å². The van der Waals surface area contributed by atoms with E-state index in [-0.39, 0.29) is 17.4 Å². The molecule has 0 heterocycles. The highest BCUT2D eigenvalue weighted by molar-refractivity contribution is 9.10. The summed E-state index contributed by atoms with van der Waals surface area (Å²) in [6, 6.07) is 8.39. The van der Waals surface area contributed by atoms with Gasteiger partial charge in [0.2, 0.25) is 0 Å². The summed E-state index contributed by atoms with van der Waals surface area (Å²) >= 11 is 8.32. The summed E-state index contributed by atoms with van der Waals surface area (Å²) in [5.74, 6) is 0.320. The lowest BCUT2D eigenvalue weighted by atomic mass is 9.80. The Balaban J connectivity index is 2.05. The Labute approximate surface area is 153 Å². The predicted octanol–water partition coefficient (Wildman–Crippen LogP) is 5.50. The van der Waals surface area contributed by atoms with Crippen LogP contribution in [-0.2, 0) is 4.74 Å². The Bertz CT molecular complexity index is 527. The van der Waals surface area contributed by atoms with Gasteiger partial charge in [-0.2, -0.15) is 12.6 Å². The molecule has 0 aliphatic heterocycles. The molecule has 1 aromatic carbocycles. The van der Waals surface area contributed by atoms with Crippen LogP contribution in [0.2, 0.25) is 0 Å². The largest absolute Gasteiger partial charge is 0.444 e. The van der Waals surface area contributed by atoms with Gasteiger partial charge in [0, 0.05) is 15.8 Å². The summed E-state index contributed by atoms with van der Waals surface area (Å²) in [5.41, 5.74) is 0.722. The van der Waals surface area contributed by atoms with Gasteiger partial charge in [-0.15, -0.1) is 0 Å². The second-order valence-corrected chi connectivity index (χ2v) is 8.67. The SMILES string of the molecule is CC(C)(C)OC(=O)NC1CCCCC1C(S)c1ccc(Br)cc1. The third kappa shape index (κ3) is 5.71. The number of carbonyl (C=O) groups excluding carboxylic acids is 1. The van der Waals surface area contributed by atoms with Crippen molar-refractivity contribution < 1.29 is 9.53 Å². The molecule has 128 valence electrons. The van der Waals surface area contributed by atoms with E-state index in [0.29, 0.717) is 5.92 Å². The summed E-state index contributed by atoms with van der Waals surface area (Å²) in [4.78, 5) is 12.1. The maximum Gasteiger partial charge on any atom is 0.407 e. The maximum absolute atomic E-state index is 12.1. The molecule has 0 aromatic heterocycles. The molecular weight excluding hydrogens is 374 g/mol. The molecule has 0 radical (unpaired) electrons. The number of nitrogens with one attached hydrogen (secondary N) is 1. The van der Waals surface area contributed by atoms with Crippen molar-refractivity contribution in [1.82, 2.24) is 5.32 Å². The number of alkyl carbamates (subject to hydrolysis) is 1. The average Bonchev–Trinajstić information content (AvgIpc) is 2.46. The van der Waals surface area contributed by atoms with E-state index in [0.717, 1.165) is 23.7 Å². The Morgan fingerprint density at radius 3 is 2.48 bits per heavy atom. The summed E-state index contributed by atoms with van der Waals surface area (Å²) in [6.07, 6.45) is 4.05. The van der Waals surface area contributed by atoms with Crippen molar-refractivity contribution in [3.05, 3.63) is 34.3 Å². The van der Waals surface area contributed by atoms with Gasteiger partial charge in [0.25, 0.3) is 0 Å². The maximum atomic E-state index is 12.1. The fraction of sp³-hybridized carbons (Fsp3) is 0.611. The molecule has 0 saturated heterocycles. The predicted molar refractivity (Wildman–Crippen MR) is 101 cm³/mol. The Morgan fingerprint density at radius 2 is 1.87 bits per heavy atom. The number of ether oxygens (including phenoxy) is 1. The normalized spacial score (nSPS) is 23.2. The van der Waals surface area contributed by atoms with Gasteiger partial charge >= 0.3 is 6.09 Å². The van der Waals surface area contributed by atoms with Crippen LogP contribution in [0.5, 0.6) is 0 Å². The van der Waals surface area contributed by atoms with E-state index >= 15 is 0 Å². The van der Waals surface area contributed by atoms with Crippen LogP contribution in [0, 0.1) is 5.92 Å². The third-order valence-electron chi connectivity index (χ3n) is 4.14. The van der Waals surface area contributed by atoms with Crippen LogP contribution < -0.4 is 5.32 Å². The summed E-state index contributed by atoms with van der Waals surface area (Å²) in [6.45, 7) is 5.65. The van der Waals surface area contributed by atoms with E-state index in [4.69, 9.17) is 17.4 Å². The standard InChI is InChI=1S/C18H26BrNO2S/c1-18(2,3)22-17(21)20-15-7-5-4-6-14(15)16(23)12-8-10-13(19)11-9-12/h8-11,14-16,23H,4-7H2,1-3H3,(H,20,21). The van der Waals surface area contributed by atoms with Gasteiger partial charge in [0.05, 0.1) is 0 Å². The molecule has 3 unspecified atom stereocenters. The van der Waals surface area contributed by atoms with Gasteiger partial charge < -0.3 is 10.1 Å². The number of benzene rings is 1. The smallest absolute Gasteiger partial charge is 0.407 e. The van der Waals surface area contributed by atoms with Gasteiger partial charge in [-0.3, -0.25) is 0 Å². The number of thiol groups is 1. The number of hydrogen-bond donors (Lipinski definition) is 2. The van der Waals surface area contributed by atoms with E-state index in [1.807, 2.05) is 32.9 Å². The highest BCUT2D eigenvalue weighted by Gasteiger charge is 2.33. The second-order valence-electron chi connectivity index (χ2n) is 7.20. The van der Waals surface area contributed by atoms with Crippen molar-refractivity contribution >= 4 is 34.7 Å². The molecule has 5 heteroatoms. The first-order valence-electron chi connectivity index (χ1n) is 8.19. The fourth-order valence-electron chi connectivity index (χ4n) is 3.08. The van der Waals surface area contributed by atoms with E-state index in [9.17, 15) is 4.79 Å². The minimum atomic E-state index is -0.472. The zero-order chi connectivity index (χ0) is 17.0. The second kappa shape index (κ2) is 7.93. The molecular formula is C18H26BrNO2S. The van der Waals surface area contributed by atoms with Crippen LogP contribution in [-0.4, -0.2) is 17.7 Å². The third-order valence-corrected chi connectivity index (χ3v) is 5.35. The van der Waals surface area contributed by atoms with Gasteiger partial charge in [0.15, 0.2) is 0 Å². The highest BCUT2D eigenvalue weighted by Crippen LogP contribution is 2.39. The van der Waals surface area contributed by atoms with Gasteiger partial charge in [-0.1, -0.05) is 40.9 Å². The van der Waals surface area contributed by atoms with E-state index in [2.05, 4.69) is 33.4 Å². The van der Waals surface area contributed by atoms with Crippen molar-refractivity contribution in [2.24, 2.45) is 5.92 Å². The number of carbonyl (C=O) groups is 1. The molecule has 1 aliphatic carbocycles. The molecule has 3 nitrogen and oxygen atoms in total. The zero-order valence-corrected chi connectivity index (χ0v) is 16.5. The molecule has 1 aliphatic rings. The minimum Gasteiger partial charge on any atom is -0.444 e. The van der Waals surface area contributed by atoms with Crippen LogP contribution in [0.25, 0.3) is 0 Å². The molecule has 0 spiro atoms. The Morgan fingerprint density at radius 1 is 1.26 bits per heavy atom. The molecule has 1 saturated carbocycles. The molecule has 1 amide bonds. The van der Waals surface area contributed by atoms with Crippen LogP contribution in [0.4, 0.5) is 4.79 Å². The number of halogens is 1.